The first kappa shape index (κ1) is 17.0. The number of carbonyl (C=O) groups excluding carboxylic acids is 1. The molecular weight excluding hydrogens is 362 g/mol. The standard InChI is InChI=1S/C18H16F2N2O3S/c19-12-1-2-13(16(20)9-12)11-7-14-15(10-21-18(14)23)17(8-11)22-3-5-26(24,25)6-4-22/h1-2,7-9H,3-6,10H2,(H,21,23). The van der Waals surface area contributed by atoms with Gasteiger partial charge in [-0.25, -0.2) is 17.2 Å². The van der Waals surface area contributed by atoms with E-state index in [-0.39, 0.29) is 23.0 Å². The molecule has 0 spiro atoms. The summed E-state index contributed by atoms with van der Waals surface area (Å²) in [6.45, 7) is 0.982. The van der Waals surface area contributed by atoms with Crippen molar-refractivity contribution in [2.45, 2.75) is 6.54 Å². The predicted octanol–water partition coefficient (Wildman–Crippen LogP) is 2.11. The summed E-state index contributed by atoms with van der Waals surface area (Å²) in [4.78, 5) is 14.1. The number of hydrogen-bond donors (Lipinski definition) is 1. The number of sulfone groups is 1. The maximum Gasteiger partial charge on any atom is 0.251 e. The van der Waals surface area contributed by atoms with Gasteiger partial charge in [-0.2, -0.15) is 0 Å². The summed E-state index contributed by atoms with van der Waals surface area (Å²) in [6.07, 6.45) is 0. The molecule has 5 nitrogen and oxygen atoms in total. The second kappa shape index (κ2) is 6.05. The van der Waals surface area contributed by atoms with Crippen molar-refractivity contribution in [3.63, 3.8) is 0 Å². The molecule has 2 aromatic rings. The van der Waals surface area contributed by atoms with Crippen LogP contribution in [0.2, 0.25) is 0 Å². The topological polar surface area (TPSA) is 66.5 Å². The van der Waals surface area contributed by atoms with Crippen molar-refractivity contribution in [1.82, 2.24) is 5.32 Å². The Morgan fingerprint density at radius 3 is 2.42 bits per heavy atom. The first-order valence-electron chi connectivity index (χ1n) is 8.20. The highest BCUT2D eigenvalue weighted by molar-refractivity contribution is 7.91. The Hall–Kier alpha value is -2.48. The number of amides is 1. The summed E-state index contributed by atoms with van der Waals surface area (Å²) >= 11 is 0. The summed E-state index contributed by atoms with van der Waals surface area (Å²) in [5.41, 5.74) is 2.59. The number of fused-ring (bicyclic) bond motifs is 1. The van der Waals surface area contributed by atoms with E-state index in [1.807, 2.05) is 4.90 Å². The Morgan fingerprint density at radius 1 is 1.00 bits per heavy atom. The smallest absolute Gasteiger partial charge is 0.251 e. The van der Waals surface area contributed by atoms with Crippen LogP contribution in [-0.2, 0) is 16.4 Å². The molecule has 0 unspecified atom stereocenters. The molecule has 2 aliphatic rings. The second-order valence-corrected chi connectivity index (χ2v) is 8.77. The van der Waals surface area contributed by atoms with Gasteiger partial charge >= 0.3 is 0 Å². The van der Waals surface area contributed by atoms with Crippen molar-refractivity contribution in [2.75, 3.05) is 29.5 Å². The summed E-state index contributed by atoms with van der Waals surface area (Å²) in [6, 6.07) is 6.64. The van der Waals surface area contributed by atoms with Crippen LogP contribution in [0.4, 0.5) is 14.5 Å². The molecule has 0 aromatic heterocycles. The average Bonchev–Trinajstić information content (AvgIpc) is 2.96. The van der Waals surface area contributed by atoms with Crippen LogP contribution in [0.1, 0.15) is 15.9 Å². The molecule has 0 saturated carbocycles. The first-order valence-corrected chi connectivity index (χ1v) is 10.0. The fourth-order valence-electron chi connectivity index (χ4n) is 3.42. The van der Waals surface area contributed by atoms with Crippen molar-refractivity contribution in [1.29, 1.82) is 0 Å². The number of benzene rings is 2. The predicted molar refractivity (Wildman–Crippen MR) is 93.8 cm³/mol. The Morgan fingerprint density at radius 2 is 1.73 bits per heavy atom. The van der Waals surface area contributed by atoms with Crippen molar-refractivity contribution >= 4 is 21.4 Å². The van der Waals surface area contributed by atoms with Crippen LogP contribution in [0.15, 0.2) is 30.3 Å². The summed E-state index contributed by atoms with van der Waals surface area (Å²) < 4.78 is 50.8. The Labute approximate surface area is 149 Å². The number of nitrogens with one attached hydrogen (secondary N) is 1. The van der Waals surface area contributed by atoms with Crippen molar-refractivity contribution < 1.29 is 22.0 Å². The van der Waals surface area contributed by atoms with E-state index in [2.05, 4.69) is 5.32 Å². The molecule has 1 saturated heterocycles. The van der Waals surface area contributed by atoms with E-state index in [1.165, 1.54) is 12.1 Å². The minimum Gasteiger partial charge on any atom is -0.369 e. The van der Waals surface area contributed by atoms with E-state index in [0.29, 0.717) is 30.8 Å². The molecular formula is C18H16F2N2O3S. The molecule has 8 heteroatoms. The van der Waals surface area contributed by atoms with Gasteiger partial charge < -0.3 is 10.2 Å². The summed E-state index contributed by atoms with van der Waals surface area (Å²) in [5, 5.41) is 2.75. The summed E-state index contributed by atoms with van der Waals surface area (Å²) in [5.74, 6) is -1.56. The maximum absolute atomic E-state index is 14.2. The van der Waals surface area contributed by atoms with E-state index >= 15 is 0 Å². The molecule has 0 aliphatic carbocycles. The molecule has 1 N–H and O–H groups in total. The molecule has 4 rings (SSSR count). The molecule has 1 fully saturated rings. The van der Waals surface area contributed by atoms with Gasteiger partial charge in [-0.15, -0.1) is 0 Å². The van der Waals surface area contributed by atoms with Crippen molar-refractivity contribution in [3.8, 4) is 11.1 Å². The highest BCUT2D eigenvalue weighted by Crippen LogP contribution is 2.35. The minimum absolute atomic E-state index is 0.0400. The number of anilines is 1. The van der Waals surface area contributed by atoms with Crippen LogP contribution in [0.3, 0.4) is 0 Å². The third-order valence-electron chi connectivity index (χ3n) is 4.82. The van der Waals surface area contributed by atoms with E-state index in [4.69, 9.17) is 0 Å². The third kappa shape index (κ3) is 2.94. The number of rotatable bonds is 2. The van der Waals surface area contributed by atoms with Gasteiger partial charge in [0, 0.05) is 48.1 Å². The normalized spacial score (nSPS) is 18.5. The Kier molecular flexibility index (Phi) is 3.95. The maximum atomic E-state index is 14.2. The molecule has 0 atom stereocenters. The van der Waals surface area contributed by atoms with Crippen LogP contribution in [0.5, 0.6) is 0 Å². The Balaban J connectivity index is 1.83. The molecule has 0 radical (unpaired) electrons. The monoisotopic (exact) mass is 378 g/mol. The molecule has 2 aromatic carbocycles. The number of hydrogen-bond acceptors (Lipinski definition) is 4. The number of carbonyl (C=O) groups is 1. The van der Waals surface area contributed by atoms with Gasteiger partial charge in [0.15, 0.2) is 9.84 Å². The zero-order valence-corrected chi connectivity index (χ0v) is 14.6. The van der Waals surface area contributed by atoms with Crippen LogP contribution in [0, 0.1) is 11.6 Å². The van der Waals surface area contributed by atoms with E-state index in [1.54, 1.807) is 12.1 Å². The van der Waals surface area contributed by atoms with Crippen LogP contribution < -0.4 is 10.2 Å². The highest BCUT2D eigenvalue weighted by Gasteiger charge is 2.29. The van der Waals surface area contributed by atoms with Gasteiger partial charge in [-0.05, 0) is 29.8 Å². The molecule has 1 amide bonds. The lowest BCUT2D eigenvalue weighted by Gasteiger charge is -2.30. The molecule has 0 bridgehead atoms. The lowest BCUT2D eigenvalue weighted by molar-refractivity contribution is 0.0965. The molecule has 2 aliphatic heterocycles. The SMILES string of the molecule is O=C1NCc2c1cc(-c1ccc(F)cc1F)cc2N1CCS(=O)(=O)CC1. The van der Waals surface area contributed by atoms with Crippen LogP contribution in [0.25, 0.3) is 11.1 Å². The zero-order valence-electron chi connectivity index (χ0n) is 13.8. The lowest BCUT2D eigenvalue weighted by Crippen LogP contribution is -2.40. The van der Waals surface area contributed by atoms with Gasteiger partial charge in [0.2, 0.25) is 0 Å². The fourth-order valence-corrected chi connectivity index (χ4v) is 4.62. The van der Waals surface area contributed by atoms with Gasteiger partial charge in [0.25, 0.3) is 5.91 Å². The van der Waals surface area contributed by atoms with Crippen molar-refractivity contribution in [2.24, 2.45) is 0 Å². The fraction of sp³-hybridized carbons (Fsp3) is 0.278. The van der Waals surface area contributed by atoms with Gasteiger partial charge in [-0.1, -0.05) is 0 Å². The largest absolute Gasteiger partial charge is 0.369 e. The average molecular weight is 378 g/mol. The third-order valence-corrected chi connectivity index (χ3v) is 6.43. The molecule has 26 heavy (non-hydrogen) atoms. The van der Waals surface area contributed by atoms with Gasteiger partial charge in [0.05, 0.1) is 11.5 Å². The van der Waals surface area contributed by atoms with Crippen molar-refractivity contribution in [3.05, 3.63) is 53.1 Å². The number of halogens is 2. The van der Waals surface area contributed by atoms with Crippen LogP contribution >= 0.6 is 0 Å². The lowest BCUT2D eigenvalue weighted by atomic mass is 9.97. The summed E-state index contributed by atoms with van der Waals surface area (Å²) in [7, 11) is -3.05. The van der Waals surface area contributed by atoms with E-state index < -0.39 is 21.5 Å². The second-order valence-electron chi connectivity index (χ2n) is 6.47. The van der Waals surface area contributed by atoms with Gasteiger partial charge in [-0.3, -0.25) is 4.79 Å². The van der Waals surface area contributed by atoms with Gasteiger partial charge in [0.1, 0.15) is 11.6 Å². The molecule has 136 valence electrons. The van der Waals surface area contributed by atoms with Crippen LogP contribution in [-0.4, -0.2) is 38.9 Å². The zero-order chi connectivity index (χ0) is 18.5. The Bertz CT molecular complexity index is 1010. The van der Waals surface area contributed by atoms with E-state index in [9.17, 15) is 22.0 Å². The highest BCUT2D eigenvalue weighted by atomic mass is 32.2. The number of nitrogens with zero attached hydrogens (tertiary/aromatic N) is 1. The quantitative estimate of drug-likeness (QED) is 0.869. The van der Waals surface area contributed by atoms with E-state index in [0.717, 1.165) is 17.3 Å². The minimum atomic E-state index is -3.05. The molecule has 2 heterocycles. The first-order chi connectivity index (χ1) is 12.3.